The maximum absolute atomic E-state index is 8.88. The third-order valence-corrected chi connectivity index (χ3v) is 2.69. The van der Waals surface area contributed by atoms with Crippen LogP contribution in [0.5, 0.6) is 0 Å². The summed E-state index contributed by atoms with van der Waals surface area (Å²) in [5.41, 5.74) is 2.34. The number of aliphatic hydroxyl groups excluding tert-OH is 1. The highest BCUT2D eigenvalue weighted by atomic mass is 16.3. The second-order valence-corrected chi connectivity index (χ2v) is 3.93. The average Bonchev–Trinajstić information content (AvgIpc) is 2.17. The van der Waals surface area contributed by atoms with Crippen LogP contribution in [0.2, 0.25) is 0 Å². The first-order valence-corrected chi connectivity index (χ1v) is 4.85. The summed E-state index contributed by atoms with van der Waals surface area (Å²) in [6, 6.07) is 8.20. The highest BCUT2D eigenvalue weighted by Crippen LogP contribution is 2.23. The molecule has 1 N–H and O–H groups in total. The molecule has 0 bridgehead atoms. The zero-order chi connectivity index (χ0) is 9.84. The predicted octanol–water partition coefficient (Wildman–Crippen LogP) is 2.94. The number of benzene rings is 1. The Morgan fingerprint density at radius 2 is 1.62 bits per heavy atom. The van der Waals surface area contributed by atoms with E-state index in [4.69, 9.17) is 5.11 Å². The third kappa shape index (κ3) is 2.56. The zero-order valence-electron chi connectivity index (χ0n) is 8.62. The van der Waals surface area contributed by atoms with E-state index in [-0.39, 0.29) is 6.61 Å². The summed E-state index contributed by atoms with van der Waals surface area (Å²) in [5, 5.41) is 8.88. The molecule has 0 aromatic heterocycles. The maximum atomic E-state index is 8.88. The normalized spacial score (nSPS) is 13.3. The van der Waals surface area contributed by atoms with E-state index >= 15 is 0 Å². The Bertz CT molecular complexity index is 248. The van der Waals surface area contributed by atoms with Crippen LogP contribution in [0.15, 0.2) is 24.3 Å². The van der Waals surface area contributed by atoms with Gasteiger partial charge in [-0.15, -0.1) is 0 Å². The lowest BCUT2D eigenvalue weighted by atomic mass is 9.90. The molecule has 1 nitrogen and oxygen atoms in total. The molecule has 0 aliphatic heterocycles. The van der Waals surface area contributed by atoms with Crippen molar-refractivity contribution in [2.45, 2.75) is 33.3 Å². The molecule has 0 saturated heterocycles. The summed E-state index contributed by atoms with van der Waals surface area (Å²) in [6.07, 6.45) is 0. The van der Waals surface area contributed by atoms with Gasteiger partial charge < -0.3 is 5.11 Å². The Kier molecular flexibility index (Phi) is 3.49. The van der Waals surface area contributed by atoms with Crippen LogP contribution in [0, 0.1) is 5.92 Å². The highest BCUT2D eigenvalue weighted by Gasteiger charge is 2.08. The summed E-state index contributed by atoms with van der Waals surface area (Å²) >= 11 is 0. The minimum atomic E-state index is 0.135. The topological polar surface area (TPSA) is 20.2 Å². The van der Waals surface area contributed by atoms with Crippen molar-refractivity contribution in [3.05, 3.63) is 35.4 Å². The summed E-state index contributed by atoms with van der Waals surface area (Å²) in [7, 11) is 0. The molecule has 1 heteroatoms. The monoisotopic (exact) mass is 178 g/mol. The van der Waals surface area contributed by atoms with Gasteiger partial charge in [0.15, 0.2) is 0 Å². The zero-order valence-corrected chi connectivity index (χ0v) is 8.62. The molecule has 0 saturated carbocycles. The molecule has 0 fully saturated rings. The molecule has 0 heterocycles. The van der Waals surface area contributed by atoms with Crippen molar-refractivity contribution in [1.82, 2.24) is 0 Å². The number of hydrogen-bond acceptors (Lipinski definition) is 1. The van der Waals surface area contributed by atoms with Crippen LogP contribution >= 0.6 is 0 Å². The fourth-order valence-electron chi connectivity index (χ4n) is 1.31. The largest absolute Gasteiger partial charge is 0.392 e. The van der Waals surface area contributed by atoms with Crippen molar-refractivity contribution in [3.8, 4) is 0 Å². The predicted molar refractivity (Wildman–Crippen MR) is 55.6 cm³/mol. The van der Waals surface area contributed by atoms with Crippen LogP contribution in [0.25, 0.3) is 0 Å². The molecule has 1 atom stereocenters. The lowest BCUT2D eigenvalue weighted by Gasteiger charge is -2.15. The van der Waals surface area contributed by atoms with Crippen molar-refractivity contribution in [3.63, 3.8) is 0 Å². The second-order valence-electron chi connectivity index (χ2n) is 3.93. The third-order valence-electron chi connectivity index (χ3n) is 2.69. The van der Waals surface area contributed by atoms with Crippen molar-refractivity contribution in [2.24, 2.45) is 5.92 Å². The minimum Gasteiger partial charge on any atom is -0.392 e. The second kappa shape index (κ2) is 4.43. The molecular formula is C12H18O. The van der Waals surface area contributed by atoms with Crippen LogP contribution in [0.1, 0.15) is 37.8 Å². The van der Waals surface area contributed by atoms with Gasteiger partial charge in [-0.3, -0.25) is 0 Å². The van der Waals surface area contributed by atoms with Gasteiger partial charge in [-0.05, 0) is 23.0 Å². The summed E-state index contributed by atoms with van der Waals surface area (Å²) in [6.45, 7) is 6.82. The molecule has 1 rings (SSSR count). The van der Waals surface area contributed by atoms with E-state index in [1.165, 1.54) is 5.56 Å². The van der Waals surface area contributed by atoms with Crippen LogP contribution in [0.3, 0.4) is 0 Å². The van der Waals surface area contributed by atoms with E-state index < -0.39 is 0 Å². The Labute approximate surface area is 80.4 Å². The van der Waals surface area contributed by atoms with E-state index in [1.54, 1.807) is 0 Å². The fourth-order valence-corrected chi connectivity index (χ4v) is 1.31. The summed E-state index contributed by atoms with van der Waals surface area (Å²) < 4.78 is 0. The summed E-state index contributed by atoms with van der Waals surface area (Å²) in [5.74, 6) is 1.26. The van der Waals surface area contributed by atoms with Crippen LogP contribution in [-0.2, 0) is 6.61 Å². The average molecular weight is 178 g/mol. The van der Waals surface area contributed by atoms with Gasteiger partial charge in [-0.25, -0.2) is 0 Å². The Morgan fingerprint density at radius 1 is 1.08 bits per heavy atom. The number of rotatable bonds is 3. The first-order valence-electron chi connectivity index (χ1n) is 4.85. The molecule has 1 unspecified atom stereocenters. The van der Waals surface area contributed by atoms with Gasteiger partial charge in [0.25, 0.3) is 0 Å². The van der Waals surface area contributed by atoms with Crippen molar-refractivity contribution in [2.75, 3.05) is 0 Å². The SMILES string of the molecule is CC(C)C(C)c1ccc(CO)cc1. The first-order chi connectivity index (χ1) is 6.15. The molecule has 0 radical (unpaired) electrons. The quantitative estimate of drug-likeness (QED) is 0.754. The van der Waals surface area contributed by atoms with E-state index in [0.29, 0.717) is 11.8 Å². The van der Waals surface area contributed by atoms with E-state index in [0.717, 1.165) is 5.56 Å². The molecular weight excluding hydrogens is 160 g/mol. The van der Waals surface area contributed by atoms with Gasteiger partial charge >= 0.3 is 0 Å². The minimum absolute atomic E-state index is 0.135. The molecule has 0 spiro atoms. The van der Waals surface area contributed by atoms with Gasteiger partial charge in [0.1, 0.15) is 0 Å². The lowest BCUT2D eigenvalue weighted by Crippen LogP contribution is -2.01. The Morgan fingerprint density at radius 3 is 2.00 bits per heavy atom. The standard InChI is InChI=1S/C12H18O/c1-9(2)10(3)12-6-4-11(8-13)5-7-12/h4-7,9-10,13H,8H2,1-3H3. The van der Waals surface area contributed by atoms with Crippen molar-refractivity contribution < 1.29 is 5.11 Å². The highest BCUT2D eigenvalue weighted by molar-refractivity contribution is 5.24. The molecule has 0 aliphatic rings. The Balaban J connectivity index is 2.79. The van der Waals surface area contributed by atoms with Gasteiger partial charge in [0.2, 0.25) is 0 Å². The van der Waals surface area contributed by atoms with E-state index in [1.807, 2.05) is 12.1 Å². The van der Waals surface area contributed by atoms with Crippen molar-refractivity contribution >= 4 is 0 Å². The van der Waals surface area contributed by atoms with Gasteiger partial charge in [0, 0.05) is 0 Å². The van der Waals surface area contributed by atoms with Gasteiger partial charge in [-0.1, -0.05) is 45.0 Å². The smallest absolute Gasteiger partial charge is 0.0681 e. The molecule has 1 aromatic carbocycles. The molecule has 1 aromatic rings. The van der Waals surface area contributed by atoms with Crippen LogP contribution < -0.4 is 0 Å². The first kappa shape index (κ1) is 10.3. The molecule has 0 amide bonds. The number of aliphatic hydroxyl groups is 1. The van der Waals surface area contributed by atoms with Gasteiger partial charge in [-0.2, -0.15) is 0 Å². The molecule has 72 valence electrons. The van der Waals surface area contributed by atoms with Crippen LogP contribution in [-0.4, -0.2) is 5.11 Å². The number of hydrogen-bond donors (Lipinski definition) is 1. The van der Waals surface area contributed by atoms with E-state index in [9.17, 15) is 0 Å². The summed E-state index contributed by atoms with van der Waals surface area (Å²) in [4.78, 5) is 0. The van der Waals surface area contributed by atoms with Crippen molar-refractivity contribution in [1.29, 1.82) is 0 Å². The molecule has 13 heavy (non-hydrogen) atoms. The van der Waals surface area contributed by atoms with E-state index in [2.05, 4.69) is 32.9 Å². The Hall–Kier alpha value is -0.820. The lowest BCUT2D eigenvalue weighted by molar-refractivity contribution is 0.282. The van der Waals surface area contributed by atoms with Gasteiger partial charge in [0.05, 0.1) is 6.61 Å². The maximum Gasteiger partial charge on any atom is 0.0681 e. The fraction of sp³-hybridized carbons (Fsp3) is 0.500. The van der Waals surface area contributed by atoms with Crippen LogP contribution in [0.4, 0.5) is 0 Å². The molecule has 0 aliphatic carbocycles.